The van der Waals surface area contributed by atoms with Crippen molar-refractivity contribution in [3.8, 4) is 34.3 Å². The lowest BCUT2D eigenvalue weighted by atomic mass is 10.1. The predicted molar refractivity (Wildman–Crippen MR) is 164 cm³/mol. The molecule has 1 aliphatic heterocycles. The van der Waals surface area contributed by atoms with Gasteiger partial charge >= 0.3 is 0 Å². The third-order valence-corrected chi connectivity index (χ3v) is 7.67. The summed E-state index contributed by atoms with van der Waals surface area (Å²) in [6, 6.07) is 28.1. The van der Waals surface area contributed by atoms with E-state index in [0.29, 0.717) is 25.0 Å². The minimum atomic E-state index is -0.293. The molecule has 7 rings (SSSR count). The number of methoxy groups -OCH3 is 1. The average Bonchev–Trinajstić information content (AvgIpc) is 3.63. The molecule has 1 N–H and O–H groups in total. The van der Waals surface area contributed by atoms with Crippen LogP contribution in [0, 0.1) is 5.82 Å². The number of pyridine rings is 1. The van der Waals surface area contributed by atoms with Crippen molar-refractivity contribution in [2.24, 2.45) is 0 Å². The molecule has 0 saturated carbocycles. The van der Waals surface area contributed by atoms with Crippen LogP contribution >= 0.6 is 0 Å². The molecule has 214 valence electrons. The van der Waals surface area contributed by atoms with Crippen molar-refractivity contribution in [2.45, 2.75) is 25.4 Å². The molecule has 0 saturated heterocycles. The number of halogens is 1. The number of para-hydroxylation sites is 1. The van der Waals surface area contributed by atoms with Gasteiger partial charge in [0.1, 0.15) is 24.0 Å². The molecule has 6 aromatic rings. The number of benzene rings is 3. The van der Waals surface area contributed by atoms with Crippen molar-refractivity contribution >= 4 is 16.9 Å². The third kappa shape index (κ3) is 5.49. The number of nitrogens with zero attached hydrogens (tertiary/aromatic N) is 5. The minimum absolute atomic E-state index is 0.0191. The van der Waals surface area contributed by atoms with Crippen LogP contribution in [0.3, 0.4) is 0 Å². The van der Waals surface area contributed by atoms with E-state index in [9.17, 15) is 4.39 Å². The van der Waals surface area contributed by atoms with E-state index in [1.54, 1.807) is 25.4 Å². The van der Waals surface area contributed by atoms with Crippen LogP contribution in [0.5, 0.6) is 11.6 Å². The summed E-state index contributed by atoms with van der Waals surface area (Å²) in [5.41, 5.74) is 5.12. The second kappa shape index (κ2) is 11.5. The van der Waals surface area contributed by atoms with Crippen LogP contribution in [-0.2, 0) is 13.0 Å². The first-order valence-corrected chi connectivity index (χ1v) is 14.2. The summed E-state index contributed by atoms with van der Waals surface area (Å²) < 4.78 is 27.6. The molecule has 0 bridgehead atoms. The number of hydrogen-bond donors (Lipinski definition) is 1. The van der Waals surface area contributed by atoms with Gasteiger partial charge in [0.25, 0.3) is 0 Å². The van der Waals surface area contributed by atoms with Gasteiger partial charge in [-0.1, -0.05) is 30.3 Å². The molecular formula is C34H29FN6O2. The standard InChI is InChI=1S/C34H29FN6O2/c1-42-27-14-6-22(7-15-27)20-37-34-36-19-18-29(39-34)33-32(24-8-11-25(35)12-9-24)40-30-16-13-26(41(30)33)21-43-31-17-10-23-4-2-3-5-28(23)38-31/h2-12,14-15,17-19,26H,13,16,20-21H2,1H3,(H,36,37,39)/t26-/m0/s1. The zero-order valence-corrected chi connectivity index (χ0v) is 23.6. The number of anilines is 1. The van der Waals surface area contributed by atoms with Gasteiger partial charge in [-0.25, -0.2) is 24.3 Å². The number of nitrogens with one attached hydrogen (secondary N) is 1. The van der Waals surface area contributed by atoms with Crippen LogP contribution in [0.2, 0.25) is 0 Å². The van der Waals surface area contributed by atoms with Crippen molar-refractivity contribution in [1.82, 2.24) is 24.5 Å². The molecule has 1 aliphatic rings. The fraction of sp³-hybridized carbons (Fsp3) is 0.176. The van der Waals surface area contributed by atoms with E-state index in [2.05, 4.69) is 19.9 Å². The Kier molecular flexibility index (Phi) is 7.12. The highest BCUT2D eigenvalue weighted by Crippen LogP contribution is 2.39. The predicted octanol–water partition coefficient (Wildman–Crippen LogP) is 6.88. The fourth-order valence-corrected chi connectivity index (χ4v) is 5.49. The van der Waals surface area contributed by atoms with E-state index >= 15 is 0 Å². The molecule has 0 radical (unpaired) electrons. The number of imidazole rings is 1. The van der Waals surface area contributed by atoms with Gasteiger partial charge < -0.3 is 19.4 Å². The molecule has 1 atom stereocenters. The maximum Gasteiger partial charge on any atom is 0.223 e. The highest BCUT2D eigenvalue weighted by atomic mass is 19.1. The Morgan fingerprint density at radius 2 is 1.74 bits per heavy atom. The third-order valence-electron chi connectivity index (χ3n) is 7.67. The van der Waals surface area contributed by atoms with Crippen LogP contribution < -0.4 is 14.8 Å². The Balaban J connectivity index is 1.20. The summed E-state index contributed by atoms with van der Waals surface area (Å²) in [5.74, 6) is 2.54. The Hall–Kier alpha value is -5.31. The van der Waals surface area contributed by atoms with E-state index in [1.165, 1.54) is 12.1 Å². The normalized spacial score (nSPS) is 14.0. The quantitative estimate of drug-likeness (QED) is 0.202. The number of aryl methyl sites for hydroxylation is 1. The molecule has 0 aliphatic carbocycles. The molecule has 43 heavy (non-hydrogen) atoms. The summed E-state index contributed by atoms with van der Waals surface area (Å²) in [7, 11) is 1.65. The van der Waals surface area contributed by atoms with Crippen molar-refractivity contribution in [3.63, 3.8) is 0 Å². The maximum absolute atomic E-state index is 13.8. The van der Waals surface area contributed by atoms with Crippen molar-refractivity contribution in [1.29, 1.82) is 0 Å². The molecule has 0 fully saturated rings. The summed E-state index contributed by atoms with van der Waals surface area (Å²) in [6.45, 7) is 0.982. The van der Waals surface area contributed by atoms with Crippen LogP contribution in [-0.4, -0.2) is 38.2 Å². The molecule has 0 amide bonds. The molecule has 3 aromatic heterocycles. The largest absolute Gasteiger partial charge is 0.497 e. The number of ether oxygens (including phenoxy) is 2. The van der Waals surface area contributed by atoms with E-state index in [4.69, 9.17) is 19.4 Å². The van der Waals surface area contributed by atoms with Gasteiger partial charge in [-0.2, -0.15) is 0 Å². The smallest absolute Gasteiger partial charge is 0.223 e. The number of fused-ring (bicyclic) bond motifs is 2. The second-order valence-electron chi connectivity index (χ2n) is 10.4. The van der Waals surface area contributed by atoms with Gasteiger partial charge in [0.15, 0.2) is 0 Å². The molecule has 8 nitrogen and oxygen atoms in total. The Morgan fingerprint density at radius 1 is 0.907 bits per heavy atom. The summed E-state index contributed by atoms with van der Waals surface area (Å²) in [4.78, 5) is 19.1. The average molecular weight is 573 g/mol. The highest BCUT2D eigenvalue weighted by molar-refractivity contribution is 5.79. The lowest BCUT2D eigenvalue weighted by molar-refractivity contribution is 0.248. The van der Waals surface area contributed by atoms with E-state index in [1.807, 2.05) is 66.7 Å². The number of hydrogen-bond acceptors (Lipinski definition) is 7. The topological polar surface area (TPSA) is 87.0 Å². The molecule has 0 spiro atoms. The molecular weight excluding hydrogens is 543 g/mol. The monoisotopic (exact) mass is 572 g/mol. The zero-order valence-electron chi connectivity index (χ0n) is 23.6. The summed E-state index contributed by atoms with van der Waals surface area (Å²) >= 11 is 0. The van der Waals surface area contributed by atoms with Crippen molar-refractivity contribution < 1.29 is 13.9 Å². The second-order valence-corrected chi connectivity index (χ2v) is 10.4. The summed E-state index contributed by atoms with van der Waals surface area (Å²) in [5, 5.41) is 4.40. The Labute approximate surface area is 248 Å². The molecule has 4 heterocycles. The first kappa shape index (κ1) is 26.6. The van der Waals surface area contributed by atoms with Gasteiger partial charge in [0.2, 0.25) is 11.8 Å². The Bertz CT molecular complexity index is 1890. The van der Waals surface area contributed by atoms with Gasteiger partial charge in [-0.15, -0.1) is 0 Å². The van der Waals surface area contributed by atoms with Crippen LogP contribution in [0.15, 0.2) is 97.2 Å². The van der Waals surface area contributed by atoms with E-state index in [0.717, 1.165) is 63.5 Å². The van der Waals surface area contributed by atoms with Crippen LogP contribution in [0.4, 0.5) is 10.3 Å². The lowest BCUT2D eigenvalue weighted by Gasteiger charge is -2.18. The number of rotatable bonds is 9. The van der Waals surface area contributed by atoms with Gasteiger partial charge in [0, 0.05) is 36.2 Å². The van der Waals surface area contributed by atoms with Gasteiger partial charge in [0.05, 0.1) is 35.8 Å². The molecule has 3 aromatic carbocycles. The van der Waals surface area contributed by atoms with Crippen LogP contribution in [0.1, 0.15) is 23.9 Å². The molecule has 9 heteroatoms. The maximum atomic E-state index is 13.8. The van der Waals surface area contributed by atoms with E-state index in [-0.39, 0.29) is 11.9 Å². The lowest BCUT2D eigenvalue weighted by Crippen LogP contribution is -2.16. The van der Waals surface area contributed by atoms with Gasteiger partial charge in [-0.05, 0) is 66.6 Å². The fourth-order valence-electron chi connectivity index (χ4n) is 5.49. The highest BCUT2D eigenvalue weighted by Gasteiger charge is 2.31. The zero-order chi connectivity index (χ0) is 29.2. The SMILES string of the molecule is COc1ccc(CNc2nccc(-c3c(-c4ccc(F)cc4)nc4n3[C@H](COc3ccc5ccccc5n3)CC4)n2)cc1. The van der Waals surface area contributed by atoms with Crippen molar-refractivity contribution in [3.05, 3.63) is 114 Å². The first-order chi connectivity index (χ1) is 21.1. The minimum Gasteiger partial charge on any atom is -0.497 e. The molecule has 0 unspecified atom stereocenters. The summed E-state index contributed by atoms with van der Waals surface area (Å²) in [6.07, 6.45) is 3.41. The number of aromatic nitrogens is 5. The first-order valence-electron chi connectivity index (χ1n) is 14.2. The van der Waals surface area contributed by atoms with Crippen molar-refractivity contribution in [2.75, 3.05) is 19.0 Å². The Morgan fingerprint density at radius 3 is 2.58 bits per heavy atom. The van der Waals surface area contributed by atoms with Crippen LogP contribution in [0.25, 0.3) is 33.5 Å². The van der Waals surface area contributed by atoms with E-state index < -0.39 is 0 Å². The van der Waals surface area contributed by atoms with Gasteiger partial charge in [-0.3, -0.25) is 0 Å².